The third kappa shape index (κ3) is 1.40. The van der Waals surface area contributed by atoms with Crippen LogP contribution in [0.4, 0.5) is 0 Å². The van der Waals surface area contributed by atoms with E-state index < -0.39 is 0 Å². The highest BCUT2D eigenvalue weighted by Crippen LogP contribution is 2.32. The van der Waals surface area contributed by atoms with Crippen LogP contribution in [-0.2, 0) is 6.42 Å². The van der Waals surface area contributed by atoms with Gasteiger partial charge in [0.1, 0.15) is 5.75 Å². The fourth-order valence-corrected chi connectivity index (χ4v) is 2.27. The average molecular weight is 215 g/mol. The molecule has 3 rings (SSSR count). The first-order chi connectivity index (χ1) is 7.74. The van der Waals surface area contributed by atoms with Gasteiger partial charge in [0.05, 0.1) is 6.10 Å². The molecule has 1 aromatic carbocycles. The summed E-state index contributed by atoms with van der Waals surface area (Å²) in [5.41, 5.74) is 2.05. The van der Waals surface area contributed by atoms with Crippen LogP contribution < -0.4 is 10.3 Å². The van der Waals surface area contributed by atoms with Crippen LogP contribution in [0.2, 0.25) is 0 Å². The summed E-state index contributed by atoms with van der Waals surface area (Å²) < 4.78 is 5.78. The lowest BCUT2D eigenvalue weighted by Gasteiger charge is -2.24. The molecule has 1 aromatic heterocycles. The maximum absolute atomic E-state index is 11.2. The zero-order chi connectivity index (χ0) is 11.1. The van der Waals surface area contributed by atoms with E-state index in [1.165, 1.54) is 5.56 Å². The monoisotopic (exact) mass is 215 g/mol. The zero-order valence-electron chi connectivity index (χ0n) is 9.12. The lowest BCUT2D eigenvalue weighted by Crippen LogP contribution is -2.19. The number of hydrogen-bond acceptors (Lipinski definition) is 2. The molecule has 0 saturated heterocycles. The SMILES string of the molecule is CC1CCc2c(ccc3[nH]c(=O)ccc23)O1. The highest BCUT2D eigenvalue weighted by Gasteiger charge is 2.18. The maximum Gasteiger partial charge on any atom is 0.248 e. The zero-order valence-corrected chi connectivity index (χ0v) is 9.12. The molecule has 16 heavy (non-hydrogen) atoms. The second kappa shape index (κ2) is 3.37. The number of pyridine rings is 1. The van der Waals surface area contributed by atoms with Crippen molar-refractivity contribution in [3.05, 3.63) is 40.2 Å². The van der Waals surface area contributed by atoms with Crippen LogP contribution >= 0.6 is 0 Å². The van der Waals surface area contributed by atoms with Gasteiger partial charge in [-0.25, -0.2) is 0 Å². The van der Waals surface area contributed by atoms with Crippen LogP contribution in [0.3, 0.4) is 0 Å². The van der Waals surface area contributed by atoms with Crippen LogP contribution in [0.1, 0.15) is 18.9 Å². The first-order valence-corrected chi connectivity index (χ1v) is 5.55. The standard InChI is InChI=1S/C13H13NO2/c1-8-2-3-10-9-4-7-13(15)14-11(9)5-6-12(10)16-8/h4-8H,2-3H2,1H3,(H,14,15). The van der Waals surface area contributed by atoms with E-state index in [-0.39, 0.29) is 11.7 Å². The number of nitrogens with one attached hydrogen (secondary N) is 1. The molecule has 0 radical (unpaired) electrons. The lowest BCUT2D eigenvalue weighted by atomic mass is 9.98. The van der Waals surface area contributed by atoms with Gasteiger partial charge in [-0.3, -0.25) is 4.79 Å². The summed E-state index contributed by atoms with van der Waals surface area (Å²) >= 11 is 0. The van der Waals surface area contributed by atoms with Crippen LogP contribution in [0, 0.1) is 0 Å². The number of benzene rings is 1. The molecule has 1 aliphatic heterocycles. The number of fused-ring (bicyclic) bond motifs is 3. The highest BCUT2D eigenvalue weighted by molar-refractivity contribution is 5.84. The molecule has 0 spiro atoms. The predicted molar refractivity (Wildman–Crippen MR) is 63.0 cm³/mol. The first-order valence-electron chi connectivity index (χ1n) is 5.55. The molecule has 1 unspecified atom stereocenters. The van der Waals surface area contributed by atoms with Crippen LogP contribution in [0.5, 0.6) is 5.75 Å². The van der Waals surface area contributed by atoms with Gasteiger partial charge in [0.25, 0.3) is 0 Å². The molecule has 1 aliphatic rings. The van der Waals surface area contributed by atoms with E-state index in [2.05, 4.69) is 11.9 Å². The number of ether oxygens (including phenoxy) is 1. The van der Waals surface area contributed by atoms with Crippen molar-refractivity contribution < 1.29 is 4.74 Å². The van der Waals surface area contributed by atoms with Crippen molar-refractivity contribution in [2.75, 3.05) is 0 Å². The van der Waals surface area contributed by atoms with E-state index in [1.807, 2.05) is 18.2 Å². The minimum atomic E-state index is -0.0578. The Labute approximate surface area is 93.1 Å². The van der Waals surface area contributed by atoms with Gasteiger partial charge < -0.3 is 9.72 Å². The van der Waals surface area contributed by atoms with Gasteiger partial charge in [-0.05, 0) is 38.0 Å². The minimum absolute atomic E-state index is 0.0578. The molecule has 1 atom stereocenters. The van der Waals surface area contributed by atoms with Crippen LogP contribution in [-0.4, -0.2) is 11.1 Å². The van der Waals surface area contributed by atoms with Crippen LogP contribution in [0.15, 0.2) is 29.1 Å². The molecule has 0 amide bonds. The summed E-state index contributed by atoms with van der Waals surface area (Å²) in [6.07, 6.45) is 2.33. The normalized spacial score (nSPS) is 19.2. The van der Waals surface area contributed by atoms with E-state index >= 15 is 0 Å². The minimum Gasteiger partial charge on any atom is -0.490 e. The number of H-pyrrole nitrogens is 1. The maximum atomic E-state index is 11.2. The Morgan fingerprint density at radius 3 is 3.06 bits per heavy atom. The summed E-state index contributed by atoms with van der Waals surface area (Å²) in [5.74, 6) is 0.957. The van der Waals surface area contributed by atoms with Crippen LogP contribution in [0.25, 0.3) is 10.9 Å². The van der Waals surface area contributed by atoms with E-state index in [1.54, 1.807) is 6.07 Å². The Bertz CT molecular complexity index is 600. The molecule has 1 N–H and O–H groups in total. The third-order valence-corrected chi connectivity index (χ3v) is 3.10. The van der Waals surface area contributed by atoms with Crippen molar-refractivity contribution in [3.63, 3.8) is 0 Å². The van der Waals surface area contributed by atoms with E-state index in [0.717, 1.165) is 29.5 Å². The molecule has 0 fully saturated rings. The summed E-state index contributed by atoms with van der Waals surface area (Å²) in [5, 5.41) is 1.10. The number of hydrogen-bond donors (Lipinski definition) is 1. The fourth-order valence-electron chi connectivity index (χ4n) is 2.27. The number of rotatable bonds is 0. The van der Waals surface area contributed by atoms with Gasteiger partial charge in [0, 0.05) is 22.5 Å². The Morgan fingerprint density at radius 1 is 1.31 bits per heavy atom. The summed E-state index contributed by atoms with van der Waals surface area (Å²) in [4.78, 5) is 14.1. The summed E-state index contributed by atoms with van der Waals surface area (Å²) in [6, 6.07) is 7.31. The molecule has 3 nitrogen and oxygen atoms in total. The average Bonchev–Trinajstić information content (AvgIpc) is 2.28. The molecule has 0 bridgehead atoms. The van der Waals surface area contributed by atoms with E-state index in [9.17, 15) is 4.79 Å². The smallest absolute Gasteiger partial charge is 0.248 e. The Hall–Kier alpha value is -1.77. The Balaban J connectivity index is 2.28. The van der Waals surface area contributed by atoms with Gasteiger partial charge >= 0.3 is 0 Å². The largest absolute Gasteiger partial charge is 0.490 e. The lowest BCUT2D eigenvalue weighted by molar-refractivity contribution is 0.193. The number of aryl methyl sites for hydroxylation is 1. The van der Waals surface area contributed by atoms with Crippen molar-refractivity contribution in [2.24, 2.45) is 0 Å². The van der Waals surface area contributed by atoms with Crippen molar-refractivity contribution >= 4 is 10.9 Å². The fraction of sp³-hybridized carbons (Fsp3) is 0.308. The van der Waals surface area contributed by atoms with Crippen molar-refractivity contribution in [1.29, 1.82) is 0 Å². The molecule has 82 valence electrons. The van der Waals surface area contributed by atoms with Crippen molar-refractivity contribution in [3.8, 4) is 5.75 Å². The van der Waals surface area contributed by atoms with Crippen molar-refractivity contribution in [1.82, 2.24) is 4.98 Å². The van der Waals surface area contributed by atoms with E-state index in [0.29, 0.717) is 0 Å². The molecule has 0 aliphatic carbocycles. The van der Waals surface area contributed by atoms with Gasteiger partial charge in [0.2, 0.25) is 5.56 Å². The summed E-state index contributed by atoms with van der Waals surface area (Å²) in [6.45, 7) is 2.08. The first kappa shape index (κ1) is 9.46. The summed E-state index contributed by atoms with van der Waals surface area (Å²) in [7, 11) is 0. The van der Waals surface area contributed by atoms with Crippen molar-refractivity contribution in [2.45, 2.75) is 25.9 Å². The molecule has 0 saturated carbocycles. The van der Waals surface area contributed by atoms with Gasteiger partial charge in [-0.2, -0.15) is 0 Å². The molecule has 2 heterocycles. The topological polar surface area (TPSA) is 42.1 Å². The highest BCUT2D eigenvalue weighted by atomic mass is 16.5. The molecular weight excluding hydrogens is 202 g/mol. The Kier molecular flexibility index (Phi) is 1.99. The van der Waals surface area contributed by atoms with Gasteiger partial charge in [0.15, 0.2) is 0 Å². The molecule has 3 heteroatoms. The van der Waals surface area contributed by atoms with Gasteiger partial charge in [-0.1, -0.05) is 0 Å². The second-order valence-corrected chi connectivity index (χ2v) is 4.29. The second-order valence-electron chi connectivity index (χ2n) is 4.29. The number of aromatic nitrogens is 1. The Morgan fingerprint density at radius 2 is 2.19 bits per heavy atom. The molecular formula is C13H13NO2. The predicted octanol–water partition coefficient (Wildman–Crippen LogP) is 2.24. The van der Waals surface area contributed by atoms with Gasteiger partial charge in [-0.15, -0.1) is 0 Å². The quantitative estimate of drug-likeness (QED) is 0.732. The third-order valence-electron chi connectivity index (χ3n) is 3.10. The number of aromatic amines is 1. The molecule has 2 aromatic rings. The van der Waals surface area contributed by atoms with E-state index in [4.69, 9.17) is 4.74 Å².